The molecule has 12 aromatic heterocycles. The molecule has 13 heterocycles. The summed E-state index contributed by atoms with van der Waals surface area (Å²) in [6, 6.07) is 47.1. The average molecular weight is 1580 g/mol. The van der Waals surface area contributed by atoms with E-state index in [1.54, 1.807) is 48.5 Å². The van der Waals surface area contributed by atoms with E-state index < -0.39 is 0 Å². The predicted molar refractivity (Wildman–Crippen MR) is 414 cm³/mol. The lowest BCUT2D eigenvalue weighted by molar-refractivity contribution is 1.46. The Hall–Kier alpha value is -15.3. The molecule has 0 fully saturated rings. The molecular formula is C80H8N16S12. The van der Waals surface area contributed by atoms with Crippen LogP contribution in [-0.4, -0.2) is 0 Å². The van der Waals surface area contributed by atoms with Crippen molar-refractivity contribution < 1.29 is 0 Å². The van der Waals surface area contributed by atoms with Gasteiger partial charge in [-0.05, 0) is 143 Å². The Morgan fingerprint density at radius 1 is 0.148 bits per heavy atom. The predicted octanol–water partition coefficient (Wildman–Crippen LogP) is 17.6. The quantitative estimate of drug-likeness (QED) is 0.127. The smallest absolute Gasteiger partial charge is 0.103 e. The van der Waals surface area contributed by atoms with Gasteiger partial charge in [-0.1, -0.05) is 0 Å². The molecule has 0 saturated heterocycles. The van der Waals surface area contributed by atoms with Crippen LogP contribution in [0.4, 0.5) is 0 Å². The Labute approximate surface area is 660 Å². The molecule has 28 heteroatoms. The van der Waals surface area contributed by atoms with E-state index in [2.05, 4.69) is 192 Å². The summed E-state index contributed by atoms with van der Waals surface area (Å²) in [7, 11) is 0. The second-order valence-electron chi connectivity index (χ2n) is 20.5. The first-order valence-electron chi connectivity index (χ1n) is 29.1. The largest absolute Gasteiger partial charge is 0.192 e. The third kappa shape index (κ3) is 12.6. The second-order valence-corrected chi connectivity index (χ2v) is 33.0. The molecule has 0 aliphatic carbocycles. The molecule has 0 atom stereocenters. The third-order valence-electron chi connectivity index (χ3n) is 14.9. The number of hydrogen-bond donors (Lipinski definition) is 0. The van der Waals surface area contributed by atoms with Gasteiger partial charge in [-0.3, -0.25) is 0 Å². The molecule has 16 nitrogen and oxygen atoms in total. The van der Waals surface area contributed by atoms with Crippen LogP contribution in [0.25, 0.3) is 78.0 Å². The summed E-state index contributed by atoms with van der Waals surface area (Å²) >= 11 is 13.2. The highest BCUT2D eigenvalue weighted by Gasteiger charge is 2.29. The molecule has 24 bridgehead atoms. The van der Waals surface area contributed by atoms with Crippen molar-refractivity contribution in [2.75, 3.05) is 0 Å². The van der Waals surface area contributed by atoms with Crippen LogP contribution in [-0.2, 0) is 0 Å². The van der Waals surface area contributed by atoms with Crippen LogP contribution in [0, 0.1) is 276 Å². The topological polar surface area (TPSA) is 381 Å². The monoisotopic (exact) mass is 1580 g/mol. The minimum absolute atomic E-state index is 0.0151. The van der Waals surface area contributed by atoms with Gasteiger partial charge >= 0.3 is 0 Å². The molecule has 0 saturated carbocycles. The minimum atomic E-state index is -0.0151. The summed E-state index contributed by atoms with van der Waals surface area (Å²) in [6.07, 6.45) is 0. The molecule has 1 aliphatic heterocycles. The normalized spacial score (nSPS) is 10.1. The van der Waals surface area contributed by atoms with Gasteiger partial charge in [-0.25, -0.2) is 0 Å². The van der Waals surface area contributed by atoms with E-state index in [0.29, 0.717) is 78.0 Å². The van der Waals surface area contributed by atoms with Gasteiger partial charge < -0.3 is 0 Å². The van der Waals surface area contributed by atoms with Crippen molar-refractivity contribution in [2.24, 2.45) is 0 Å². The van der Waals surface area contributed by atoms with Crippen LogP contribution in [0.2, 0.25) is 0 Å². The zero-order chi connectivity index (χ0) is 75.9. The van der Waals surface area contributed by atoms with E-state index >= 15 is 0 Å². The summed E-state index contributed by atoms with van der Waals surface area (Å²) < 4.78 is 0. The van der Waals surface area contributed by atoms with Gasteiger partial charge in [0.2, 0.25) is 0 Å². The van der Waals surface area contributed by atoms with Crippen molar-refractivity contribution in [3.05, 3.63) is 177 Å². The maximum atomic E-state index is 10.4. The molecule has 0 unspecified atom stereocenters. The van der Waals surface area contributed by atoms with Crippen molar-refractivity contribution in [3.63, 3.8) is 0 Å². The summed E-state index contributed by atoms with van der Waals surface area (Å²) in [6.45, 7) is 0. The zero-order valence-electron chi connectivity index (χ0n) is 52.7. The fraction of sp³-hybridized carbons (Fsp3) is 0. The lowest BCUT2D eigenvalue weighted by Crippen LogP contribution is -1.81. The fourth-order valence-corrected chi connectivity index (χ4v) is 23.7. The Balaban J connectivity index is 0.905. The maximum Gasteiger partial charge on any atom is 0.103 e. The highest BCUT2D eigenvalue weighted by molar-refractivity contribution is 7.29. The Morgan fingerprint density at radius 3 is 0.343 bits per heavy atom. The molecule has 0 aromatic carbocycles. The minimum Gasteiger partial charge on any atom is -0.192 e. The highest BCUT2D eigenvalue weighted by atomic mass is 32.1. The molecule has 1 aliphatic rings. The molecule has 480 valence electrons. The number of nitriles is 16. The van der Waals surface area contributed by atoms with E-state index in [-0.39, 0.29) is 128 Å². The van der Waals surface area contributed by atoms with Crippen molar-refractivity contribution >= 4 is 136 Å². The molecule has 0 N–H and O–H groups in total. The Morgan fingerprint density at radius 2 is 0.250 bits per heavy atom. The molecular weight excluding hydrogens is 1570 g/mol. The second kappa shape index (κ2) is 30.7. The van der Waals surface area contributed by atoms with Gasteiger partial charge in [0.15, 0.2) is 0 Å². The Bertz CT molecular complexity index is 6170. The first-order valence-corrected chi connectivity index (χ1v) is 38.9. The van der Waals surface area contributed by atoms with Gasteiger partial charge in [0.05, 0.1) is 167 Å². The molecule has 108 heavy (non-hydrogen) atoms. The van der Waals surface area contributed by atoms with E-state index in [1.807, 2.05) is 0 Å². The molecule has 0 amide bonds. The number of rotatable bonds is 0. The van der Waals surface area contributed by atoms with Gasteiger partial charge in [0.1, 0.15) is 97.1 Å². The van der Waals surface area contributed by atoms with Crippen molar-refractivity contribution in [1.82, 2.24) is 0 Å². The zero-order valence-corrected chi connectivity index (χ0v) is 62.5. The fourth-order valence-electron chi connectivity index (χ4n) is 10.3. The van der Waals surface area contributed by atoms with E-state index in [1.165, 1.54) is 45.3 Å². The summed E-state index contributed by atoms with van der Waals surface area (Å²) in [5, 5.41) is 166. The van der Waals surface area contributed by atoms with Gasteiger partial charge in [-0.2, -0.15) is 84.2 Å². The van der Waals surface area contributed by atoms with Crippen LogP contribution in [0.3, 0.4) is 0 Å². The molecule has 0 radical (unpaired) electrons. The first-order chi connectivity index (χ1) is 52.8. The average Bonchev–Trinajstić information content (AvgIpc) is 1.63. The summed E-state index contributed by atoms with van der Waals surface area (Å²) in [5.74, 6) is 44.8. The summed E-state index contributed by atoms with van der Waals surface area (Å²) in [4.78, 5) is 9.09. The highest BCUT2D eigenvalue weighted by Crippen LogP contribution is 2.50. The first kappa shape index (κ1) is 71.1. The third-order valence-corrected chi connectivity index (χ3v) is 29.5. The SMILES string of the molecule is N#Cc1c2sc(c1C#N)-c1ccc(s1)-c1sc(c(C#N)c1C#N)C#CC#Cc1sc(c(C#N)c1C#N)-c1ccc(s1)-c1sc(c(C#N)c1C#N)C#CC#Cc1sc(c(C#N)c1C#N)-c1ccc(s1)-c1sc(c(C#N)c1C#N)C#CC#Cc1sc(c(C#N)c1C#N)-c1ccc(s1)-c1sc(c(C#N)c1C#N)C#CC#C2. The van der Waals surface area contributed by atoms with Gasteiger partial charge in [0.25, 0.3) is 0 Å². The number of nitrogens with zero attached hydrogens (tertiary/aromatic N) is 16. The van der Waals surface area contributed by atoms with Crippen molar-refractivity contribution in [2.45, 2.75) is 0 Å². The van der Waals surface area contributed by atoms with E-state index in [0.717, 1.165) is 90.7 Å². The van der Waals surface area contributed by atoms with Gasteiger partial charge in [0, 0.05) is 39.0 Å². The number of hydrogen-bond acceptors (Lipinski definition) is 28. The van der Waals surface area contributed by atoms with Crippen molar-refractivity contribution in [3.8, 4) is 270 Å². The maximum absolute atomic E-state index is 10.4. The van der Waals surface area contributed by atoms with Crippen LogP contribution < -0.4 is 0 Å². The Kier molecular flexibility index (Phi) is 20.2. The molecule has 0 spiro atoms. The van der Waals surface area contributed by atoms with Crippen LogP contribution >= 0.6 is 136 Å². The standard InChI is InChI=1S/C80H8N16S12/c81-25-41-49(33-89)73-65-17-18-67(97-65)75-51(35-91)43(27-83)59(103-75)11-3-4-13-61-45(29-85)53(37-93)77(105-61)69-21-22-71(99-69)79-55(39-95)47(31-87)63(107-79)15-7-8-16-64-48(32-88)56(40-96)80(108-64)72-24-23-70(100-72)78-54(38-94)46(30-86)62(106-78)14-6-5-12-60-44(28-84)52(36-92)76(104-60)68-20-19-66(98-68)74-50(34-90)42(26-82)58(102-74)10-2-1-9-57(41)101-73/h17-24H. The number of fused-ring (bicyclic) bond motifs is 32. The van der Waals surface area contributed by atoms with Crippen LogP contribution in [0.15, 0.2) is 48.5 Å². The van der Waals surface area contributed by atoms with E-state index in [9.17, 15) is 84.2 Å². The molecule has 13 rings (SSSR count). The van der Waals surface area contributed by atoms with Crippen molar-refractivity contribution in [1.29, 1.82) is 84.2 Å². The number of thiophene rings is 12. The van der Waals surface area contributed by atoms with E-state index in [4.69, 9.17) is 0 Å². The molecule has 12 aromatic rings. The van der Waals surface area contributed by atoms with Gasteiger partial charge in [-0.15, -0.1) is 136 Å². The summed E-state index contributed by atoms with van der Waals surface area (Å²) in [5.41, 5.74) is 0.160. The van der Waals surface area contributed by atoms with Crippen LogP contribution in [0.5, 0.6) is 0 Å². The lowest BCUT2D eigenvalue weighted by atomic mass is 10.1. The lowest BCUT2D eigenvalue weighted by Gasteiger charge is -1.94. The van der Waals surface area contributed by atoms with Crippen LogP contribution in [0.1, 0.15) is 128 Å².